The van der Waals surface area contributed by atoms with Gasteiger partial charge in [-0.25, -0.2) is 0 Å². The Kier molecular flexibility index (Phi) is 64.8. The van der Waals surface area contributed by atoms with Gasteiger partial charge in [0.05, 0.1) is 0 Å². The average Bonchev–Trinajstić information content (AvgIpc) is 0.917. The minimum absolute atomic E-state index is 0.0126. The second-order valence-electron chi connectivity index (χ2n) is 28.4. The van der Waals surface area contributed by atoms with E-state index in [4.69, 9.17) is 125 Å². The van der Waals surface area contributed by atoms with Crippen molar-refractivity contribution in [3.05, 3.63) is 202 Å². The summed E-state index contributed by atoms with van der Waals surface area (Å²) >= 11 is 15.1. The van der Waals surface area contributed by atoms with Crippen LogP contribution in [-0.2, 0) is 57.8 Å². The summed E-state index contributed by atoms with van der Waals surface area (Å²) < 4.78 is 0. The van der Waals surface area contributed by atoms with Gasteiger partial charge < -0.3 is 133 Å². The first kappa shape index (κ1) is 122. The van der Waals surface area contributed by atoms with Crippen LogP contribution in [0.3, 0.4) is 0 Å². The van der Waals surface area contributed by atoms with E-state index in [1.54, 1.807) is 180 Å². The molecule has 0 radical (unpaired) electrons. The standard InChI is InChI=1S/4C10H17N5S.4C9H15N5S.C8H13N5S/c1-13-9(11)14-10(12)15(2)5-3-8-4-6-16-7-8;1-14(10(13)15(2)9(11)12)5-3-8-4-6-16-7-8;1-13-10(14-9(11)12)15(2)5-3-8-4-6-16-7-8;1-15(2)10(12)14-9(11)13-6-5-8-4-3-7-16-8;1-12-8(10)14-9(11)13-4-2-7-3-5-15-6-7;1-14(9(12)13-8(10)11)4-2-7-3-5-15-6-7;1-14(8(10)11)9(12)13-4-2-7-3-5-15-6-7;1-12-9(14-8(10)11)13-4-2-7-3-5-15-6-7;9-7(10)13-8(11)12-3-1-6-2-4-14-5-6/h4,6-7H,3,5H2,1-2H3,(H4,11,12,13,14);4,6-7,13H,3,5H2,1-2H3,(H3,11,12);4,6-7H,3,5H2,1-2H3,(H4,11,12,13,14);3-4,7H,5-6H2,1-2H3,(H4,11,12,13,14);3,5-6H,2,4H2,1H3,(H5,10,11,12,13,14);3,5-6H,2,4H2,1H3,(H5,10,11,12,13);3,5-6H,2,4H2,1H3,(H3,10,11)(H2,12,13);3,5-6H,2,4H2,1H3,(H5,10,11,12,13,14);2,4-5H,1,3H2,(H6,9,10,11,12,13). The van der Waals surface area contributed by atoms with Gasteiger partial charge in [0, 0.05) is 155 Å². The third-order valence-electron chi connectivity index (χ3n) is 17.4. The molecule has 0 atom stereocenters. The zero-order valence-corrected chi connectivity index (χ0v) is 87.6. The topological polar surface area (TPSA) is 784 Å². The maximum Gasteiger partial charge on any atom is 0.223 e. The third-order valence-corrected chi connectivity index (χ3v) is 24.2. The zero-order valence-electron chi connectivity index (χ0n) is 80.3. The molecule has 54 heteroatoms. The fourth-order valence-corrected chi connectivity index (χ4v) is 15.8. The summed E-state index contributed by atoms with van der Waals surface area (Å²) in [6.07, 6.45) is 8.10. The number of thiophene rings is 9. The average molecular weight is 2070 g/mol. The minimum Gasteiger partial charge on any atom is -0.370 e. The number of hydrogen-bond acceptors (Lipinski definition) is 21. The Morgan fingerprint density at radius 3 is 1.05 bits per heavy atom. The summed E-state index contributed by atoms with van der Waals surface area (Å²) in [5, 5.41) is 70.7. The van der Waals surface area contributed by atoms with E-state index >= 15 is 0 Å². The van der Waals surface area contributed by atoms with E-state index in [2.05, 4.69) is 194 Å². The number of rotatable bonds is 27. The number of nitrogens with two attached hydrogens (primary N) is 18. The van der Waals surface area contributed by atoms with Crippen molar-refractivity contribution in [3.8, 4) is 0 Å². The maximum atomic E-state index is 7.79. The summed E-state index contributed by atoms with van der Waals surface area (Å²) in [5.41, 5.74) is 107. The SMILES string of the molecule is CN(C(=N)N)C(N)=NCCc1ccsc1.CN(C)C(N)=NC(N)=NCCc1cccs1.CN(CCc1ccsc1)C(=N)N(C)C(=N)N.CN(CCc1ccsc1)C(=N)N=C(N)N.CN=C(N)N=C(N)N(C)CCc1ccsc1.CN=C(N)NC(N)=NCCc1ccsc1.CN=C(N=C(N)N)N(C)CCc1ccsc1.CN=C(N=C(N)N)NCCc1ccsc1.NC(N)=NC(N)=NCCc1ccsc1. The van der Waals surface area contributed by atoms with E-state index in [0.717, 1.165) is 90.5 Å². The Morgan fingerprint density at radius 1 is 0.319 bits per heavy atom. The van der Waals surface area contributed by atoms with Crippen LogP contribution in [0.2, 0.25) is 0 Å². The molecule has 9 aromatic heterocycles. The number of hydrogen-bond donors (Lipinski definition) is 24. The van der Waals surface area contributed by atoms with Gasteiger partial charge in [-0.2, -0.15) is 121 Å². The van der Waals surface area contributed by atoms with Crippen LogP contribution in [0, 0.1) is 21.6 Å². The normalized spacial score (nSPS) is 11.5. The summed E-state index contributed by atoms with van der Waals surface area (Å²) in [4.78, 5) is 67.6. The molecule has 0 bridgehead atoms. The van der Waals surface area contributed by atoms with E-state index < -0.39 is 0 Å². The van der Waals surface area contributed by atoms with Crippen LogP contribution in [0.15, 0.2) is 222 Å². The van der Waals surface area contributed by atoms with Crippen LogP contribution < -0.4 is 114 Å². The van der Waals surface area contributed by atoms with Crippen LogP contribution in [0.4, 0.5) is 0 Å². The lowest BCUT2D eigenvalue weighted by Gasteiger charge is -2.26. The first-order chi connectivity index (χ1) is 65.7. The molecule has 0 aliphatic heterocycles. The minimum atomic E-state index is -0.118. The lowest BCUT2D eigenvalue weighted by molar-refractivity contribution is 0.449. The largest absolute Gasteiger partial charge is 0.370 e. The first-order valence-corrected chi connectivity index (χ1v) is 50.2. The monoisotopic (exact) mass is 2070 g/mol. The van der Waals surface area contributed by atoms with Gasteiger partial charge in [0.15, 0.2) is 71.5 Å². The molecular formula is C84H141N45S9. The van der Waals surface area contributed by atoms with Gasteiger partial charge in [-0.05, 0) is 242 Å². The molecule has 9 heterocycles. The molecule has 0 fully saturated rings. The van der Waals surface area contributed by atoms with E-state index in [-0.39, 0.29) is 77.5 Å². The van der Waals surface area contributed by atoms with Gasteiger partial charge in [-0.1, -0.05) is 6.07 Å². The summed E-state index contributed by atoms with van der Waals surface area (Å²) in [7, 11) is 20.7. The lowest BCUT2D eigenvalue weighted by atomic mass is 10.2. The maximum absolute atomic E-state index is 7.79. The number of aliphatic imine (C=N–C) groups is 14. The molecule has 0 saturated heterocycles. The van der Waals surface area contributed by atoms with Crippen molar-refractivity contribution < 1.29 is 0 Å². The zero-order chi connectivity index (χ0) is 103. The van der Waals surface area contributed by atoms with Crippen molar-refractivity contribution >= 4 is 209 Å². The smallest absolute Gasteiger partial charge is 0.223 e. The molecule has 138 heavy (non-hydrogen) atoms. The van der Waals surface area contributed by atoms with E-state index in [9.17, 15) is 0 Å². The van der Waals surface area contributed by atoms with E-state index in [1.165, 1.54) is 59.2 Å². The van der Waals surface area contributed by atoms with Crippen molar-refractivity contribution in [3.63, 3.8) is 0 Å². The molecule has 0 aliphatic carbocycles. The Morgan fingerprint density at radius 2 is 0.688 bits per heavy atom. The Hall–Kier alpha value is -14.0. The molecule has 0 unspecified atom stereocenters. The predicted octanol–water partition coefficient (Wildman–Crippen LogP) is 3.45. The Bertz CT molecular complexity index is 5190. The van der Waals surface area contributed by atoms with Crippen molar-refractivity contribution in [1.82, 2.24) is 44.9 Å². The molecule has 9 rings (SSSR count). The predicted molar refractivity (Wildman–Crippen MR) is 597 cm³/mol. The highest BCUT2D eigenvalue weighted by molar-refractivity contribution is 7.10. The molecule has 0 amide bonds. The second-order valence-corrected chi connectivity index (χ2v) is 35.7. The lowest BCUT2D eigenvalue weighted by Crippen LogP contribution is -2.46. The second kappa shape index (κ2) is 73.3. The van der Waals surface area contributed by atoms with Crippen LogP contribution in [0.25, 0.3) is 0 Å². The van der Waals surface area contributed by atoms with Crippen LogP contribution >= 0.6 is 102 Å². The van der Waals surface area contributed by atoms with Gasteiger partial charge in [-0.15, -0.1) is 11.3 Å². The van der Waals surface area contributed by atoms with Crippen molar-refractivity contribution in [2.75, 3.05) is 143 Å². The highest BCUT2D eigenvalue weighted by Gasteiger charge is 2.14. The molecule has 0 spiro atoms. The molecule has 0 saturated carbocycles. The number of nitrogens with zero attached hydrogens (tertiary/aromatic N) is 21. The number of guanidine groups is 18. The Labute approximate surface area is 845 Å². The highest BCUT2D eigenvalue weighted by atomic mass is 32.1. The van der Waals surface area contributed by atoms with Crippen LogP contribution in [-0.4, -0.2) is 285 Å². The molecule has 756 valence electrons. The summed E-state index contributed by atoms with van der Waals surface area (Å²) in [5.74, 6) is 3.15. The van der Waals surface area contributed by atoms with E-state index in [1.807, 2.05) is 69.3 Å². The molecule has 0 aromatic carbocycles. The van der Waals surface area contributed by atoms with Gasteiger partial charge in [0.25, 0.3) is 0 Å². The number of nitrogens with one attached hydrogen (secondary N) is 6. The first-order valence-electron chi connectivity index (χ1n) is 41.8. The highest BCUT2D eigenvalue weighted by Crippen LogP contribution is 2.14. The van der Waals surface area contributed by atoms with Gasteiger partial charge in [-0.3, -0.25) is 76.7 Å². The van der Waals surface area contributed by atoms with E-state index in [0.29, 0.717) is 56.0 Å². The van der Waals surface area contributed by atoms with Gasteiger partial charge in [0.1, 0.15) is 0 Å². The molecular weight excluding hydrogens is 1930 g/mol. The number of likely N-dealkylation sites (N-methyl/N-ethyl adjacent to an activating group) is 4. The van der Waals surface area contributed by atoms with Crippen LogP contribution in [0.5, 0.6) is 0 Å². The molecule has 42 N–H and O–H groups in total. The van der Waals surface area contributed by atoms with Crippen molar-refractivity contribution in [2.24, 2.45) is 173 Å². The fourth-order valence-electron chi connectivity index (χ4n) is 9.47. The molecule has 0 aliphatic rings. The summed E-state index contributed by atoms with van der Waals surface area (Å²) in [6, 6.07) is 20.8. The fraction of sp³-hybridized carbons (Fsp3) is 0.357. The molecule has 45 nitrogen and oxygen atoms in total. The Balaban J connectivity index is 0.000000776. The van der Waals surface area contributed by atoms with Crippen molar-refractivity contribution in [1.29, 1.82) is 21.6 Å². The van der Waals surface area contributed by atoms with Crippen molar-refractivity contribution in [2.45, 2.75) is 57.8 Å². The molecule has 9 aromatic rings. The quantitative estimate of drug-likeness (QED) is 0.0259. The van der Waals surface area contributed by atoms with Crippen LogP contribution in [0.1, 0.15) is 49.4 Å². The summed E-state index contributed by atoms with van der Waals surface area (Å²) in [6.45, 7) is 6.37. The van der Waals surface area contributed by atoms with Gasteiger partial charge in [0.2, 0.25) is 35.8 Å². The van der Waals surface area contributed by atoms with Gasteiger partial charge >= 0.3 is 0 Å². The third kappa shape index (κ3) is 61.1.